The highest BCUT2D eigenvalue weighted by Crippen LogP contribution is 2.33. The van der Waals surface area contributed by atoms with E-state index in [2.05, 4.69) is 15.5 Å². The van der Waals surface area contributed by atoms with Crippen LogP contribution in [0.4, 0.5) is 4.79 Å². The Kier molecular flexibility index (Phi) is 5.33. The maximum absolute atomic E-state index is 12.2. The van der Waals surface area contributed by atoms with Crippen LogP contribution in [0.3, 0.4) is 0 Å². The van der Waals surface area contributed by atoms with Crippen molar-refractivity contribution >= 4 is 17.7 Å². The number of Topliss-reactive ketones (excluding diaryl/α,β-unsaturated/α-hetero) is 1. The average Bonchev–Trinajstić information content (AvgIpc) is 2.95. The van der Waals surface area contributed by atoms with Gasteiger partial charge in [0.1, 0.15) is 5.78 Å². The molecule has 1 heterocycles. The van der Waals surface area contributed by atoms with Gasteiger partial charge in [-0.3, -0.25) is 19.8 Å². The largest absolute Gasteiger partial charge is 0.341 e. The Morgan fingerprint density at radius 2 is 2.00 bits per heavy atom. The molecule has 0 radical (unpaired) electrons. The molecule has 0 aromatic carbocycles. The molecule has 2 fully saturated rings. The van der Waals surface area contributed by atoms with Crippen molar-refractivity contribution in [3.63, 3.8) is 0 Å². The van der Waals surface area contributed by atoms with Crippen LogP contribution in [-0.2, 0) is 9.59 Å². The summed E-state index contributed by atoms with van der Waals surface area (Å²) in [5, 5.41) is 4.70. The van der Waals surface area contributed by atoms with Crippen LogP contribution in [0.15, 0.2) is 0 Å². The maximum Gasteiger partial charge on any atom is 0.321 e. The molecule has 118 valence electrons. The minimum absolute atomic E-state index is 0.0662. The van der Waals surface area contributed by atoms with Crippen LogP contribution in [0.25, 0.3) is 0 Å². The van der Waals surface area contributed by atoms with Crippen molar-refractivity contribution < 1.29 is 14.4 Å². The van der Waals surface area contributed by atoms with Crippen molar-refractivity contribution in [2.24, 2.45) is 5.92 Å². The number of nitrogens with zero attached hydrogens (tertiary/aromatic N) is 1. The average molecular weight is 295 g/mol. The summed E-state index contributed by atoms with van der Waals surface area (Å²) in [5.74, 6) is 0.109. The molecule has 0 aromatic heterocycles. The molecule has 0 bridgehead atoms. The highest BCUT2D eigenvalue weighted by atomic mass is 16.2. The van der Waals surface area contributed by atoms with Crippen LogP contribution in [0.5, 0.6) is 0 Å². The lowest BCUT2D eigenvalue weighted by atomic mass is 9.81. The fourth-order valence-electron chi connectivity index (χ4n) is 3.57. The number of hydrogen-bond donors (Lipinski definition) is 2. The number of ketones is 1. The topological polar surface area (TPSA) is 78.5 Å². The molecule has 21 heavy (non-hydrogen) atoms. The third-order valence-electron chi connectivity index (χ3n) is 4.75. The second kappa shape index (κ2) is 7.02. The predicted octanol–water partition coefficient (Wildman–Crippen LogP) is 1.05. The van der Waals surface area contributed by atoms with Gasteiger partial charge in [-0.25, -0.2) is 4.79 Å². The molecule has 2 aliphatic rings. The van der Waals surface area contributed by atoms with E-state index in [0.717, 1.165) is 38.6 Å². The predicted molar refractivity (Wildman–Crippen MR) is 78.8 cm³/mol. The Balaban J connectivity index is 2.01. The van der Waals surface area contributed by atoms with Crippen LogP contribution in [-0.4, -0.2) is 48.3 Å². The van der Waals surface area contributed by atoms with Gasteiger partial charge in [0.15, 0.2) is 0 Å². The monoisotopic (exact) mass is 295 g/mol. The van der Waals surface area contributed by atoms with Gasteiger partial charge >= 0.3 is 6.03 Å². The third-order valence-corrected chi connectivity index (χ3v) is 4.75. The van der Waals surface area contributed by atoms with Crippen molar-refractivity contribution in [2.75, 3.05) is 13.6 Å². The molecule has 0 spiro atoms. The number of imide groups is 1. The molecule has 1 saturated carbocycles. The van der Waals surface area contributed by atoms with E-state index < -0.39 is 6.03 Å². The zero-order valence-electron chi connectivity index (χ0n) is 12.9. The third kappa shape index (κ3) is 3.61. The number of rotatable bonds is 3. The molecule has 1 saturated heterocycles. The van der Waals surface area contributed by atoms with Crippen molar-refractivity contribution in [1.29, 1.82) is 0 Å². The first kappa shape index (κ1) is 15.9. The lowest BCUT2D eigenvalue weighted by Crippen LogP contribution is -2.52. The SMILES string of the molecule is CNC(=O)NC(=O)C(C)N1CCCC1C1CCCCC1=O. The number of hydrogen-bond acceptors (Lipinski definition) is 4. The fraction of sp³-hybridized carbons (Fsp3) is 0.800. The molecular formula is C15H25N3O3. The van der Waals surface area contributed by atoms with E-state index in [1.54, 1.807) is 0 Å². The highest BCUT2D eigenvalue weighted by Gasteiger charge is 2.40. The lowest BCUT2D eigenvalue weighted by Gasteiger charge is -2.35. The zero-order valence-corrected chi connectivity index (χ0v) is 12.9. The first-order chi connectivity index (χ1) is 10.0. The first-order valence-corrected chi connectivity index (χ1v) is 7.85. The van der Waals surface area contributed by atoms with Gasteiger partial charge in [-0.15, -0.1) is 0 Å². The van der Waals surface area contributed by atoms with Gasteiger partial charge in [-0.2, -0.15) is 0 Å². The van der Waals surface area contributed by atoms with Crippen LogP contribution >= 0.6 is 0 Å². The van der Waals surface area contributed by atoms with E-state index in [0.29, 0.717) is 12.2 Å². The fourth-order valence-corrected chi connectivity index (χ4v) is 3.57. The molecule has 0 aromatic rings. The molecule has 3 atom stereocenters. The molecule has 2 N–H and O–H groups in total. The van der Waals surface area contributed by atoms with Crippen molar-refractivity contribution in [3.8, 4) is 0 Å². The standard InChI is InChI=1S/C15H25N3O3/c1-10(14(20)17-15(21)16-2)18-9-5-7-12(18)11-6-3-4-8-13(11)19/h10-12H,3-9H2,1-2H3,(H2,16,17,20,21). The van der Waals surface area contributed by atoms with E-state index in [9.17, 15) is 14.4 Å². The normalized spacial score (nSPS) is 28.2. The summed E-state index contributed by atoms with van der Waals surface area (Å²) < 4.78 is 0. The van der Waals surface area contributed by atoms with E-state index in [4.69, 9.17) is 0 Å². The molecule has 3 amide bonds. The molecule has 1 aliphatic heterocycles. The number of nitrogens with one attached hydrogen (secondary N) is 2. The quantitative estimate of drug-likeness (QED) is 0.816. The van der Waals surface area contributed by atoms with Gasteiger partial charge in [0.05, 0.1) is 6.04 Å². The highest BCUT2D eigenvalue weighted by molar-refractivity contribution is 5.96. The Morgan fingerprint density at radius 1 is 1.24 bits per heavy atom. The van der Waals surface area contributed by atoms with Crippen molar-refractivity contribution in [1.82, 2.24) is 15.5 Å². The van der Waals surface area contributed by atoms with E-state index >= 15 is 0 Å². The van der Waals surface area contributed by atoms with Gasteiger partial charge in [0.2, 0.25) is 5.91 Å². The molecule has 3 unspecified atom stereocenters. The molecule has 6 nitrogen and oxygen atoms in total. The maximum atomic E-state index is 12.2. The van der Waals surface area contributed by atoms with Gasteiger partial charge in [0.25, 0.3) is 0 Å². The summed E-state index contributed by atoms with van der Waals surface area (Å²) in [6, 6.07) is -0.718. The molecular weight excluding hydrogens is 270 g/mol. The van der Waals surface area contributed by atoms with Crippen LogP contribution in [0.2, 0.25) is 0 Å². The van der Waals surface area contributed by atoms with E-state index in [-0.39, 0.29) is 23.9 Å². The van der Waals surface area contributed by atoms with E-state index in [1.165, 1.54) is 7.05 Å². The summed E-state index contributed by atoms with van der Waals surface area (Å²) in [4.78, 5) is 37.6. The Hall–Kier alpha value is -1.43. The zero-order chi connectivity index (χ0) is 15.4. The summed E-state index contributed by atoms with van der Waals surface area (Å²) in [6.07, 6.45) is 5.67. The minimum Gasteiger partial charge on any atom is -0.341 e. The second-order valence-electron chi connectivity index (χ2n) is 6.01. The van der Waals surface area contributed by atoms with Crippen molar-refractivity contribution in [2.45, 2.75) is 57.5 Å². The summed E-state index contributed by atoms with van der Waals surface area (Å²) in [5.41, 5.74) is 0. The minimum atomic E-state index is -0.490. The second-order valence-corrected chi connectivity index (χ2v) is 6.01. The lowest BCUT2D eigenvalue weighted by molar-refractivity contribution is -0.130. The number of amides is 3. The van der Waals surface area contributed by atoms with Crippen LogP contribution in [0, 0.1) is 5.92 Å². The molecule has 6 heteroatoms. The summed E-state index contributed by atoms with van der Waals surface area (Å²) >= 11 is 0. The smallest absolute Gasteiger partial charge is 0.321 e. The van der Waals surface area contributed by atoms with Crippen LogP contribution < -0.4 is 10.6 Å². The first-order valence-electron chi connectivity index (χ1n) is 7.85. The van der Waals surface area contributed by atoms with Crippen molar-refractivity contribution in [3.05, 3.63) is 0 Å². The Bertz CT molecular complexity index is 424. The number of carbonyl (C=O) groups is 3. The van der Waals surface area contributed by atoms with Crippen LogP contribution in [0.1, 0.15) is 45.4 Å². The number of carbonyl (C=O) groups excluding carboxylic acids is 3. The van der Waals surface area contributed by atoms with Gasteiger partial charge in [-0.05, 0) is 39.2 Å². The summed E-state index contributed by atoms with van der Waals surface area (Å²) in [7, 11) is 1.48. The molecule has 2 rings (SSSR count). The molecule has 1 aliphatic carbocycles. The van der Waals surface area contributed by atoms with Gasteiger partial charge in [-0.1, -0.05) is 6.42 Å². The van der Waals surface area contributed by atoms with Gasteiger partial charge in [0, 0.05) is 25.4 Å². The van der Waals surface area contributed by atoms with Gasteiger partial charge < -0.3 is 5.32 Å². The number of urea groups is 1. The summed E-state index contributed by atoms with van der Waals surface area (Å²) in [6.45, 7) is 2.63. The Morgan fingerprint density at radius 3 is 2.67 bits per heavy atom. The van der Waals surface area contributed by atoms with E-state index in [1.807, 2.05) is 6.92 Å². The number of likely N-dealkylation sites (tertiary alicyclic amines) is 1. The Labute approximate surface area is 125 Å².